The van der Waals surface area contributed by atoms with Gasteiger partial charge in [-0.3, -0.25) is 0 Å². The Hall–Kier alpha value is -0.340. The molecule has 1 rings (SSSR count). The van der Waals surface area contributed by atoms with Gasteiger partial charge in [-0.15, -0.1) is 0 Å². The molecule has 0 saturated carbocycles. The maximum Gasteiger partial charge on any atom is 0.0755 e. The smallest absolute Gasteiger partial charge is 0.0755 e. The van der Waals surface area contributed by atoms with Crippen molar-refractivity contribution in [2.75, 3.05) is 13.2 Å². The molecule has 0 spiro atoms. The highest BCUT2D eigenvalue weighted by molar-refractivity contribution is 4.90. The van der Waals surface area contributed by atoms with Crippen LogP contribution >= 0.6 is 0 Å². The average molecular weight is 156 g/mol. The van der Waals surface area contributed by atoms with Crippen molar-refractivity contribution in [1.29, 1.82) is 0 Å². The summed E-state index contributed by atoms with van der Waals surface area (Å²) in [6, 6.07) is 0. The summed E-state index contributed by atoms with van der Waals surface area (Å²) in [5, 5.41) is 8.50. The fraction of sp³-hybridized carbons (Fsp3) is 0.778. The lowest BCUT2D eigenvalue weighted by Gasteiger charge is -2.18. The van der Waals surface area contributed by atoms with Crippen molar-refractivity contribution >= 4 is 0 Å². The second-order valence-corrected chi connectivity index (χ2v) is 2.85. The molecule has 1 atom stereocenters. The van der Waals surface area contributed by atoms with Gasteiger partial charge in [-0.25, -0.2) is 0 Å². The lowest BCUT2D eigenvalue weighted by atomic mass is 10.1. The van der Waals surface area contributed by atoms with Crippen LogP contribution in [-0.4, -0.2) is 24.4 Å². The third-order valence-corrected chi connectivity index (χ3v) is 1.86. The Morgan fingerprint density at radius 3 is 3.00 bits per heavy atom. The van der Waals surface area contributed by atoms with Crippen LogP contribution < -0.4 is 0 Å². The molecule has 0 amide bonds. The Morgan fingerprint density at radius 1 is 1.45 bits per heavy atom. The topological polar surface area (TPSA) is 29.5 Å². The molecule has 0 aromatic carbocycles. The Kier molecular flexibility index (Phi) is 4.24. The zero-order chi connectivity index (χ0) is 7.94. The van der Waals surface area contributed by atoms with E-state index in [4.69, 9.17) is 9.84 Å². The molecule has 0 aromatic heterocycles. The number of ether oxygens (including phenoxy) is 1. The van der Waals surface area contributed by atoms with E-state index in [2.05, 4.69) is 6.08 Å². The van der Waals surface area contributed by atoms with Crippen LogP contribution in [0.2, 0.25) is 0 Å². The van der Waals surface area contributed by atoms with Crippen molar-refractivity contribution in [3.63, 3.8) is 0 Å². The van der Waals surface area contributed by atoms with E-state index in [0.29, 0.717) is 6.10 Å². The van der Waals surface area contributed by atoms with E-state index < -0.39 is 0 Å². The molecule has 11 heavy (non-hydrogen) atoms. The van der Waals surface area contributed by atoms with Gasteiger partial charge in [-0.1, -0.05) is 12.2 Å². The zero-order valence-electron chi connectivity index (χ0n) is 6.83. The molecule has 1 aliphatic rings. The summed E-state index contributed by atoms with van der Waals surface area (Å²) in [6.07, 6.45) is 8.74. The van der Waals surface area contributed by atoms with E-state index >= 15 is 0 Å². The van der Waals surface area contributed by atoms with Crippen molar-refractivity contribution in [3.8, 4) is 0 Å². The SMILES string of the molecule is OCC/C=C\C1CCCCO1. The maximum atomic E-state index is 8.50. The number of rotatable bonds is 3. The van der Waals surface area contributed by atoms with E-state index in [9.17, 15) is 0 Å². The molecular weight excluding hydrogens is 140 g/mol. The van der Waals surface area contributed by atoms with Crippen LogP contribution in [0.5, 0.6) is 0 Å². The number of aliphatic hydroxyl groups is 1. The molecule has 1 N–H and O–H groups in total. The van der Waals surface area contributed by atoms with Crippen molar-refractivity contribution in [1.82, 2.24) is 0 Å². The van der Waals surface area contributed by atoms with Crippen LogP contribution in [0.25, 0.3) is 0 Å². The normalized spacial score (nSPS) is 26.1. The van der Waals surface area contributed by atoms with Crippen molar-refractivity contribution < 1.29 is 9.84 Å². The summed E-state index contributed by atoms with van der Waals surface area (Å²) in [6.45, 7) is 1.14. The minimum Gasteiger partial charge on any atom is -0.396 e. The van der Waals surface area contributed by atoms with Gasteiger partial charge in [0, 0.05) is 13.2 Å². The molecule has 1 aliphatic heterocycles. The van der Waals surface area contributed by atoms with Gasteiger partial charge in [0.1, 0.15) is 0 Å². The van der Waals surface area contributed by atoms with E-state index in [1.165, 1.54) is 12.8 Å². The van der Waals surface area contributed by atoms with Gasteiger partial charge in [-0.05, 0) is 25.7 Å². The second kappa shape index (κ2) is 5.33. The van der Waals surface area contributed by atoms with Crippen LogP contribution in [0.3, 0.4) is 0 Å². The number of hydrogen-bond acceptors (Lipinski definition) is 2. The van der Waals surface area contributed by atoms with Crippen molar-refractivity contribution in [3.05, 3.63) is 12.2 Å². The molecule has 1 unspecified atom stereocenters. The third-order valence-electron chi connectivity index (χ3n) is 1.86. The Bertz CT molecular complexity index is 115. The van der Waals surface area contributed by atoms with Gasteiger partial charge < -0.3 is 9.84 Å². The summed E-state index contributed by atoms with van der Waals surface area (Å²) in [5.74, 6) is 0. The Balaban J connectivity index is 2.13. The van der Waals surface area contributed by atoms with Crippen LogP contribution in [0, 0.1) is 0 Å². The van der Waals surface area contributed by atoms with E-state index in [-0.39, 0.29) is 6.61 Å². The molecule has 64 valence electrons. The predicted octanol–water partition coefficient (Wildman–Crippen LogP) is 1.49. The molecule has 2 heteroatoms. The average Bonchev–Trinajstić information content (AvgIpc) is 2.07. The second-order valence-electron chi connectivity index (χ2n) is 2.85. The molecule has 0 aliphatic carbocycles. The lowest BCUT2D eigenvalue weighted by Crippen LogP contribution is -2.16. The van der Waals surface area contributed by atoms with Crippen molar-refractivity contribution in [2.24, 2.45) is 0 Å². The van der Waals surface area contributed by atoms with Gasteiger partial charge in [0.2, 0.25) is 0 Å². The molecule has 1 heterocycles. The van der Waals surface area contributed by atoms with Crippen LogP contribution in [0.15, 0.2) is 12.2 Å². The van der Waals surface area contributed by atoms with Gasteiger partial charge in [-0.2, -0.15) is 0 Å². The largest absolute Gasteiger partial charge is 0.396 e. The Morgan fingerprint density at radius 2 is 2.36 bits per heavy atom. The van der Waals surface area contributed by atoms with Crippen LogP contribution in [-0.2, 0) is 4.74 Å². The summed E-state index contributed by atoms with van der Waals surface area (Å²) in [5.41, 5.74) is 0. The van der Waals surface area contributed by atoms with Crippen LogP contribution in [0.4, 0.5) is 0 Å². The summed E-state index contributed by atoms with van der Waals surface area (Å²) in [4.78, 5) is 0. The first-order valence-corrected chi connectivity index (χ1v) is 4.32. The highest BCUT2D eigenvalue weighted by atomic mass is 16.5. The number of hydrogen-bond donors (Lipinski definition) is 1. The summed E-state index contributed by atoms with van der Waals surface area (Å²) < 4.78 is 5.46. The molecule has 0 radical (unpaired) electrons. The first-order chi connectivity index (χ1) is 5.43. The first kappa shape index (κ1) is 8.75. The van der Waals surface area contributed by atoms with Gasteiger partial charge in [0.05, 0.1) is 6.10 Å². The maximum absolute atomic E-state index is 8.50. The van der Waals surface area contributed by atoms with Gasteiger partial charge in [0.15, 0.2) is 0 Å². The highest BCUT2D eigenvalue weighted by Crippen LogP contribution is 2.13. The zero-order valence-corrected chi connectivity index (χ0v) is 6.83. The molecule has 0 bridgehead atoms. The summed E-state index contributed by atoms with van der Waals surface area (Å²) in [7, 11) is 0. The van der Waals surface area contributed by atoms with Crippen molar-refractivity contribution in [2.45, 2.75) is 31.8 Å². The third kappa shape index (κ3) is 3.54. The van der Waals surface area contributed by atoms with E-state index in [1.54, 1.807) is 0 Å². The summed E-state index contributed by atoms with van der Waals surface area (Å²) >= 11 is 0. The monoisotopic (exact) mass is 156 g/mol. The quantitative estimate of drug-likeness (QED) is 0.627. The minimum absolute atomic E-state index is 0.239. The highest BCUT2D eigenvalue weighted by Gasteiger charge is 2.08. The molecule has 2 nitrogen and oxygen atoms in total. The standard InChI is InChI=1S/C9H16O2/c10-7-3-1-5-9-6-2-4-8-11-9/h1,5,9-10H,2-4,6-8H2/b5-1-. The molecule has 0 aromatic rings. The molecule has 1 saturated heterocycles. The fourth-order valence-electron chi connectivity index (χ4n) is 1.24. The fourth-order valence-corrected chi connectivity index (χ4v) is 1.24. The Labute approximate surface area is 67.9 Å². The van der Waals surface area contributed by atoms with E-state index in [1.807, 2.05) is 6.08 Å². The number of aliphatic hydroxyl groups excluding tert-OH is 1. The van der Waals surface area contributed by atoms with Crippen LogP contribution in [0.1, 0.15) is 25.7 Å². The lowest BCUT2D eigenvalue weighted by molar-refractivity contribution is 0.0464. The predicted molar refractivity (Wildman–Crippen MR) is 44.4 cm³/mol. The molecular formula is C9H16O2. The van der Waals surface area contributed by atoms with Gasteiger partial charge in [0.25, 0.3) is 0 Å². The molecule has 1 fully saturated rings. The minimum atomic E-state index is 0.239. The first-order valence-electron chi connectivity index (χ1n) is 4.32. The van der Waals surface area contributed by atoms with E-state index in [0.717, 1.165) is 19.4 Å². The van der Waals surface area contributed by atoms with Gasteiger partial charge >= 0.3 is 0 Å².